The number of carbonyl (C=O) groups is 2. The number of aromatic nitrogens is 1. The van der Waals surface area contributed by atoms with Gasteiger partial charge >= 0.3 is 11.9 Å². The Labute approximate surface area is 334 Å². The molecule has 10 atom stereocenters. The second-order valence-electron chi connectivity index (χ2n) is 17.8. The summed E-state index contributed by atoms with van der Waals surface area (Å²) in [6, 6.07) is 14.1. The number of nitriles is 1. The summed E-state index contributed by atoms with van der Waals surface area (Å²) < 4.78 is 17.9. The summed E-state index contributed by atoms with van der Waals surface area (Å²) in [4.78, 5) is 37.8. The molecule has 1 aliphatic carbocycles. The lowest BCUT2D eigenvalue weighted by molar-refractivity contribution is -0.228. The molecule has 12 heteroatoms. The summed E-state index contributed by atoms with van der Waals surface area (Å²) in [5.74, 6) is -0.923. The van der Waals surface area contributed by atoms with Crippen molar-refractivity contribution in [3.05, 3.63) is 70.9 Å². The molecule has 1 aromatic heterocycles. The Hall–Kier alpha value is -4.41. The Kier molecular flexibility index (Phi) is 8.73. The van der Waals surface area contributed by atoms with E-state index in [2.05, 4.69) is 51.2 Å². The molecule has 9 rings (SSSR count). The third-order valence-electron chi connectivity index (χ3n) is 15.3. The van der Waals surface area contributed by atoms with Crippen molar-refractivity contribution in [2.45, 2.75) is 99.5 Å². The maximum Gasteiger partial charge on any atom is 0.344 e. The lowest BCUT2D eigenvalue weighted by Crippen LogP contribution is -2.81. The number of aromatic amines is 1. The largest absolute Gasteiger partial charge is 0.496 e. The SMILES string of the molecule is CC[C@]1(O)C[C@@H]2CN(CCc3c([nH]c4ccccc34)[C@@](C#N)(c3cc4c(cc3OC)N(C)C3[C@]45CCN4CC=C[C@@](CC)([C@@H](OC(C)=O)[C@]3(O)C(=O)OC)[C@H]45)C2)C1. The van der Waals surface area contributed by atoms with Crippen LogP contribution in [0, 0.1) is 22.7 Å². The number of fused-ring (bicyclic) bond motifs is 6. The number of rotatable bonds is 6. The number of ether oxygens (including phenoxy) is 3. The minimum Gasteiger partial charge on any atom is -0.496 e. The van der Waals surface area contributed by atoms with Gasteiger partial charge in [-0.1, -0.05) is 44.2 Å². The number of nitrogens with zero attached hydrogens (tertiary/aromatic N) is 4. The molecule has 1 saturated carbocycles. The predicted octanol–water partition coefficient (Wildman–Crippen LogP) is 4.34. The Bertz CT molecular complexity index is 2230. The molecule has 0 radical (unpaired) electrons. The van der Waals surface area contributed by atoms with Crippen LogP contribution in [0.3, 0.4) is 0 Å². The van der Waals surface area contributed by atoms with Crippen molar-refractivity contribution in [1.82, 2.24) is 14.8 Å². The average Bonchev–Trinajstić information content (AvgIpc) is 3.87. The number of esters is 2. The van der Waals surface area contributed by atoms with Gasteiger partial charge in [0.2, 0.25) is 5.60 Å². The summed E-state index contributed by atoms with van der Waals surface area (Å²) in [7, 11) is 4.78. The number of carbonyl (C=O) groups excluding carboxylic acids is 2. The molecule has 302 valence electrons. The highest BCUT2D eigenvalue weighted by atomic mass is 16.6. The normalized spacial score (nSPS) is 37.8. The van der Waals surface area contributed by atoms with Crippen molar-refractivity contribution in [2.24, 2.45) is 11.3 Å². The molecule has 3 fully saturated rings. The maximum atomic E-state index is 14.3. The number of likely N-dealkylation sites (N-methyl/N-ethyl adjacent to an activating group) is 1. The molecular formula is C45H55N5O7. The van der Waals surface area contributed by atoms with Gasteiger partial charge in [0.05, 0.1) is 31.9 Å². The zero-order valence-corrected chi connectivity index (χ0v) is 33.9. The summed E-state index contributed by atoms with van der Waals surface area (Å²) in [6.07, 6.45) is 6.33. The number of hydrogen-bond donors (Lipinski definition) is 3. The van der Waals surface area contributed by atoms with E-state index in [1.807, 2.05) is 44.0 Å². The fourth-order valence-corrected chi connectivity index (χ4v) is 13.2. The van der Waals surface area contributed by atoms with Crippen LogP contribution in [0.4, 0.5) is 5.69 Å². The number of aliphatic hydroxyl groups is 2. The molecule has 12 nitrogen and oxygen atoms in total. The first-order chi connectivity index (χ1) is 27.3. The van der Waals surface area contributed by atoms with Gasteiger partial charge in [-0.05, 0) is 74.2 Å². The number of hydrogen-bond acceptors (Lipinski definition) is 11. The fourth-order valence-electron chi connectivity index (χ4n) is 13.2. The van der Waals surface area contributed by atoms with Gasteiger partial charge in [-0.2, -0.15) is 5.26 Å². The maximum absolute atomic E-state index is 14.3. The molecule has 2 unspecified atom stereocenters. The smallest absolute Gasteiger partial charge is 0.344 e. The number of anilines is 1. The lowest BCUT2D eigenvalue weighted by atomic mass is 9.47. The number of methoxy groups -OCH3 is 2. The molecule has 5 aliphatic heterocycles. The van der Waals surface area contributed by atoms with Gasteiger partial charge < -0.3 is 34.3 Å². The van der Waals surface area contributed by atoms with Gasteiger partial charge in [0.15, 0.2) is 6.10 Å². The molecule has 3 N–H and O–H groups in total. The van der Waals surface area contributed by atoms with Crippen molar-refractivity contribution in [3.63, 3.8) is 0 Å². The van der Waals surface area contributed by atoms with E-state index in [1.54, 1.807) is 7.11 Å². The quantitative estimate of drug-likeness (QED) is 0.242. The number of H-pyrrole nitrogens is 1. The first-order valence-electron chi connectivity index (χ1n) is 20.6. The molecule has 2 bridgehead atoms. The van der Waals surface area contributed by atoms with Crippen LogP contribution in [0.25, 0.3) is 10.9 Å². The topological polar surface area (TPSA) is 152 Å². The minimum atomic E-state index is -2.27. The molecule has 57 heavy (non-hydrogen) atoms. The second kappa shape index (κ2) is 13.0. The zero-order chi connectivity index (χ0) is 40.3. The van der Waals surface area contributed by atoms with Crippen molar-refractivity contribution in [1.29, 1.82) is 5.26 Å². The van der Waals surface area contributed by atoms with Gasteiger partial charge in [0, 0.05) is 90.9 Å². The molecule has 1 spiro atoms. The summed E-state index contributed by atoms with van der Waals surface area (Å²) in [5, 5.41) is 38.2. The van der Waals surface area contributed by atoms with Crippen LogP contribution in [0.5, 0.6) is 5.75 Å². The van der Waals surface area contributed by atoms with Crippen LogP contribution in [0.2, 0.25) is 0 Å². The summed E-state index contributed by atoms with van der Waals surface area (Å²) in [5.41, 5.74) is -0.836. The van der Waals surface area contributed by atoms with Crippen LogP contribution in [0.15, 0.2) is 48.6 Å². The number of benzene rings is 2. The standard InChI is InChI=1S/C45H55N5O7/c1-7-41(53)22-28-23-43(25-46,36-30(14-18-49(24-28)26-41)29-12-9-10-13-33(29)47-36)32-20-31-34(21-35(32)55-5)48(4)38-44(31)16-19-50-17-11-15-42(8-2,37(44)50)39(57-27(3)51)45(38,54)40(52)56-6/h9-13,15,20-21,28,37-39,47,53-54H,7-8,14,16-19,22-24,26H2,1-6H3/t28-,37-,38?,39+,41-,42+,43-,44+,45-/m0/s1. The van der Waals surface area contributed by atoms with Gasteiger partial charge in [0.1, 0.15) is 11.2 Å². The van der Waals surface area contributed by atoms with Crippen LogP contribution >= 0.6 is 0 Å². The van der Waals surface area contributed by atoms with E-state index in [9.17, 15) is 25.1 Å². The van der Waals surface area contributed by atoms with E-state index in [1.165, 1.54) is 14.0 Å². The average molecular weight is 778 g/mol. The van der Waals surface area contributed by atoms with Crippen molar-refractivity contribution < 1.29 is 34.0 Å². The first kappa shape index (κ1) is 38.1. The van der Waals surface area contributed by atoms with Crippen molar-refractivity contribution in [2.75, 3.05) is 58.9 Å². The fraction of sp³-hybridized carbons (Fsp3) is 0.578. The Balaban J connectivity index is 1.34. The van der Waals surface area contributed by atoms with Gasteiger partial charge in [-0.25, -0.2) is 4.79 Å². The number of piperidine rings is 1. The minimum absolute atomic E-state index is 0.00552. The van der Waals surface area contributed by atoms with E-state index < -0.39 is 51.5 Å². The van der Waals surface area contributed by atoms with Gasteiger partial charge in [-0.15, -0.1) is 0 Å². The highest BCUT2D eigenvalue weighted by molar-refractivity contribution is 5.88. The van der Waals surface area contributed by atoms with Gasteiger partial charge in [-0.3, -0.25) is 14.6 Å². The molecule has 3 aromatic rings. The Morgan fingerprint density at radius 2 is 1.84 bits per heavy atom. The van der Waals surface area contributed by atoms with E-state index in [-0.39, 0.29) is 12.0 Å². The molecule has 2 aromatic carbocycles. The van der Waals surface area contributed by atoms with E-state index in [0.717, 1.165) is 52.1 Å². The number of nitrogens with one attached hydrogen (secondary N) is 1. The van der Waals surface area contributed by atoms with Crippen LogP contribution in [0.1, 0.15) is 75.3 Å². The van der Waals surface area contributed by atoms with Gasteiger partial charge in [0.25, 0.3) is 0 Å². The molecule has 2 saturated heterocycles. The Morgan fingerprint density at radius 3 is 2.54 bits per heavy atom. The summed E-state index contributed by atoms with van der Waals surface area (Å²) in [6.45, 7) is 8.86. The molecule has 6 aliphatic rings. The molecule has 0 amide bonds. The van der Waals surface area contributed by atoms with Crippen LogP contribution in [-0.4, -0.2) is 120 Å². The third-order valence-corrected chi connectivity index (χ3v) is 15.3. The first-order valence-corrected chi connectivity index (χ1v) is 20.6. The van der Waals surface area contributed by atoms with E-state index in [4.69, 9.17) is 14.2 Å². The monoisotopic (exact) mass is 777 g/mol. The zero-order valence-electron chi connectivity index (χ0n) is 33.9. The summed E-state index contributed by atoms with van der Waals surface area (Å²) >= 11 is 0. The predicted molar refractivity (Wildman–Crippen MR) is 214 cm³/mol. The van der Waals surface area contributed by atoms with Crippen molar-refractivity contribution >= 4 is 28.5 Å². The number of para-hydroxylation sites is 1. The van der Waals surface area contributed by atoms with E-state index >= 15 is 0 Å². The Morgan fingerprint density at radius 1 is 1.05 bits per heavy atom. The van der Waals surface area contributed by atoms with E-state index in [0.29, 0.717) is 63.9 Å². The third kappa shape index (κ3) is 4.92. The highest BCUT2D eigenvalue weighted by Gasteiger charge is 2.80. The van der Waals surface area contributed by atoms with Crippen molar-refractivity contribution in [3.8, 4) is 11.8 Å². The highest BCUT2D eigenvalue weighted by Crippen LogP contribution is 2.68. The molecular weight excluding hydrogens is 723 g/mol. The lowest BCUT2D eigenvalue weighted by Gasteiger charge is -2.63. The molecule has 6 heterocycles. The second-order valence-corrected chi connectivity index (χ2v) is 17.8. The van der Waals surface area contributed by atoms with Crippen LogP contribution in [-0.2, 0) is 36.3 Å². The van der Waals surface area contributed by atoms with Crippen LogP contribution < -0.4 is 9.64 Å².